The van der Waals surface area contributed by atoms with E-state index >= 15 is 0 Å². The molecule has 0 amide bonds. The molecule has 108 heavy (non-hydrogen) atoms. The summed E-state index contributed by atoms with van der Waals surface area (Å²) in [6, 6.07) is 0. The van der Waals surface area contributed by atoms with Crippen LogP contribution in [0.5, 0.6) is 0 Å². The number of rotatable bonds is 90. The maximum absolute atomic E-state index is 13.2. The lowest BCUT2D eigenvalue weighted by molar-refractivity contribution is -0.161. The molecule has 0 heterocycles. The van der Waals surface area contributed by atoms with E-state index in [0.29, 0.717) is 25.7 Å². The van der Waals surface area contributed by atoms with E-state index in [4.69, 9.17) is 37.0 Å². The maximum atomic E-state index is 13.2. The van der Waals surface area contributed by atoms with Gasteiger partial charge < -0.3 is 33.8 Å². The van der Waals surface area contributed by atoms with E-state index in [-0.39, 0.29) is 25.7 Å². The van der Waals surface area contributed by atoms with Gasteiger partial charge >= 0.3 is 39.5 Å². The zero-order chi connectivity index (χ0) is 78.9. The van der Waals surface area contributed by atoms with E-state index < -0.39 is 97.5 Å². The summed E-state index contributed by atoms with van der Waals surface area (Å²) in [6.45, 7) is 5.03. The minimum Gasteiger partial charge on any atom is -0.462 e. The van der Waals surface area contributed by atoms with E-state index in [1.807, 2.05) is 0 Å². The van der Waals surface area contributed by atoms with E-state index in [2.05, 4.69) is 27.7 Å². The second kappa shape index (κ2) is 83.0. The van der Waals surface area contributed by atoms with Crippen molar-refractivity contribution in [3.63, 3.8) is 0 Å². The first kappa shape index (κ1) is 106. The summed E-state index contributed by atoms with van der Waals surface area (Å²) >= 11 is 0. The molecule has 0 aliphatic heterocycles. The summed E-state index contributed by atoms with van der Waals surface area (Å²) in [4.78, 5) is 73.2. The van der Waals surface area contributed by atoms with Gasteiger partial charge in [-0.1, -0.05) is 439 Å². The normalized spacial score (nSPS) is 13.7. The minimum absolute atomic E-state index is 0.109. The standard InChI is InChI=1S/C89H174O17P2/c1-5-9-13-17-21-24-27-30-33-36-39-42-45-48-51-54-57-60-64-68-72-76-89(94)106-85(80-100-87(92)74-70-66-62-58-55-52-49-46-43-40-37-34-31-28-25-22-18-14-10-6-2)82-104-108(97,98)102-78-83(90)77-101-107(95,96)103-81-84(79-99-86(91)73-69-65-61-20-16-12-8-4)105-88(93)75-71-67-63-59-56-53-50-47-44-41-38-35-32-29-26-23-19-15-11-7-3/h83-85,90H,5-82H2,1-4H3,(H,95,96)(H,97,98)/t83-,84+,85+/m0/s1. The number of unbranched alkanes of at least 4 members (excludes halogenated alkanes) is 64. The second-order valence-electron chi connectivity index (χ2n) is 32.0. The van der Waals surface area contributed by atoms with Crippen LogP contribution >= 0.6 is 15.6 Å². The molecule has 0 aliphatic carbocycles. The molecule has 0 bridgehead atoms. The van der Waals surface area contributed by atoms with Gasteiger partial charge in [0.1, 0.15) is 19.3 Å². The van der Waals surface area contributed by atoms with E-state index in [0.717, 1.165) is 103 Å². The summed E-state index contributed by atoms with van der Waals surface area (Å²) in [5, 5.41) is 10.7. The molecule has 0 fully saturated rings. The molecule has 0 aromatic rings. The second-order valence-corrected chi connectivity index (χ2v) is 34.9. The lowest BCUT2D eigenvalue weighted by Crippen LogP contribution is -2.30. The van der Waals surface area contributed by atoms with Gasteiger partial charge in [0.15, 0.2) is 12.2 Å². The molecule has 19 heteroatoms. The first-order valence-corrected chi connectivity index (χ1v) is 49.3. The first-order chi connectivity index (χ1) is 52.7. The Morgan fingerprint density at radius 2 is 0.370 bits per heavy atom. The van der Waals surface area contributed by atoms with Gasteiger partial charge in [0, 0.05) is 25.7 Å². The largest absolute Gasteiger partial charge is 0.472 e. The molecule has 2 unspecified atom stereocenters. The molecule has 0 saturated carbocycles. The highest BCUT2D eigenvalue weighted by atomic mass is 31.2. The van der Waals surface area contributed by atoms with E-state index in [1.165, 1.54) is 308 Å². The van der Waals surface area contributed by atoms with Crippen molar-refractivity contribution in [1.82, 2.24) is 0 Å². The van der Waals surface area contributed by atoms with Crippen LogP contribution in [-0.2, 0) is 65.4 Å². The quantitative estimate of drug-likeness (QED) is 0.0222. The first-order valence-electron chi connectivity index (χ1n) is 46.3. The zero-order valence-electron chi connectivity index (χ0n) is 70.8. The molecule has 3 N–H and O–H groups in total. The lowest BCUT2D eigenvalue weighted by Gasteiger charge is -2.21. The fourth-order valence-corrected chi connectivity index (χ4v) is 15.6. The number of aliphatic hydroxyl groups excluding tert-OH is 1. The molecular weight excluding hydrogens is 1400 g/mol. The molecule has 642 valence electrons. The Labute approximate surface area is 664 Å². The molecule has 0 radical (unpaired) electrons. The molecule has 0 rings (SSSR count). The Balaban J connectivity index is 5.14. The van der Waals surface area contributed by atoms with Crippen LogP contribution in [0.3, 0.4) is 0 Å². The van der Waals surface area contributed by atoms with Crippen molar-refractivity contribution in [2.45, 2.75) is 508 Å². The monoisotopic (exact) mass is 1580 g/mol. The van der Waals surface area contributed by atoms with Crippen LogP contribution in [-0.4, -0.2) is 96.7 Å². The summed E-state index contributed by atoms with van der Waals surface area (Å²) in [7, 11) is -9.92. The molecule has 5 atom stereocenters. The summed E-state index contributed by atoms with van der Waals surface area (Å²) in [5.41, 5.74) is 0. The van der Waals surface area contributed by atoms with Gasteiger partial charge in [-0.3, -0.25) is 37.3 Å². The number of ether oxygens (including phenoxy) is 4. The number of phosphoric acid groups is 2. The SMILES string of the molecule is CCCCCCCCCCCCCCCCCCCCCCCC(=O)O[C@H](COC(=O)CCCCCCCCCCCCCCCCCCCCCC)COP(=O)(O)OC[C@@H](O)COP(=O)(O)OC[C@@H](COC(=O)CCCCCCCCC)OC(=O)CCCCCCCCCCCCCCCCCCCCCC. The van der Waals surface area contributed by atoms with Crippen molar-refractivity contribution in [2.24, 2.45) is 0 Å². The predicted molar refractivity (Wildman–Crippen MR) is 446 cm³/mol. The minimum atomic E-state index is -4.97. The van der Waals surface area contributed by atoms with Gasteiger partial charge in [-0.25, -0.2) is 9.13 Å². The Morgan fingerprint density at radius 1 is 0.222 bits per heavy atom. The number of aliphatic hydroxyl groups is 1. The van der Waals surface area contributed by atoms with Crippen LogP contribution in [0.25, 0.3) is 0 Å². The number of carbonyl (C=O) groups excluding carboxylic acids is 4. The van der Waals surface area contributed by atoms with E-state index in [1.54, 1.807) is 0 Å². The van der Waals surface area contributed by atoms with Gasteiger partial charge in [-0.05, 0) is 25.7 Å². The highest BCUT2D eigenvalue weighted by molar-refractivity contribution is 7.47. The number of hydrogen-bond acceptors (Lipinski definition) is 15. The molecule has 0 spiro atoms. The summed E-state index contributed by atoms with van der Waals surface area (Å²) < 4.78 is 68.9. The Bertz CT molecular complexity index is 2030. The van der Waals surface area contributed by atoms with Crippen molar-refractivity contribution in [3.8, 4) is 0 Å². The number of phosphoric ester groups is 2. The van der Waals surface area contributed by atoms with Gasteiger partial charge in [0.2, 0.25) is 0 Å². The Kier molecular flexibility index (Phi) is 81.5. The van der Waals surface area contributed by atoms with Crippen LogP contribution in [0, 0.1) is 0 Å². The molecule has 17 nitrogen and oxygen atoms in total. The van der Waals surface area contributed by atoms with Gasteiger partial charge in [-0.2, -0.15) is 0 Å². The Morgan fingerprint density at radius 3 is 0.546 bits per heavy atom. The smallest absolute Gasteiger partial charge is 0.462 e. The molecule has 0 saturated heterocycles. The fourth-order valence-electron chi connectivity index (χ4n) is 14.1. The van der Waals surface area contributed by atoms with Crippen LogP contribution in [0.4, 0.5) is 0 Å². The molecule has 0 aromatic carbocycles. The number of carbonyl (C=O) groups is 4. The maximum Gasteiger partial charge on any atom is 0.472 e. The van der Waals surface area contributed by atoms with Crippen LogP contribution in [0.1, 0.15) is 490 Å². The third-order valence-corrected chi connectivity index (χ3v) is 23.0. The van der Waals surface area contributed by atoms with Gasteiger partial charge in [0.05, 0.1) is 26.4 Å². The van der Waals surface area contributed by atoms with Crippen molar-refractivity contribution in [2.75, 3.05) is 39.6 Å². The number of hydrogen-bond donors (Lipinski definition) is 3. The van der Waals surface area contributed by atoms with Crippen molar-refractivity contribution in [1.29, 1.82) is 0 Å². The highest BCUT2D eigenvalue weighted by Gasteiger charge is 2.30. The number of esters is 4. The van der Waals surface area contributed by atoms with E-state index in [9.17, 15) is 43.2 Å². The van der Waals surface area contributed by atoms with Crippen LogP contribution < -0.4 is 0 Å². The zero-order valence-corrected chi connectivity index (χ0v) is 72.6. The van der Waals surface area contributed by atoms with Crippen molar-refractivity contribution >= 4 is 39.5 Å². The predicted octanol–water partition coefficient (Wildman–Crippen LogP) is 27.7. The summed E-state index contributed by atoms with van der Waals surface area (Å²) in [6.07, 6.45) is 79.6. The van der Waals surface area contributed by atoms with Crippen molar-refractivity contribution < 1.29 is 80.2 Å². The lowest BCUT2D eigenvalue weighted by atomic mass is 10.0. The average molecular weight is 1580 g/mol. The topological polar surface area (TPSA) is 237 Å². The molecular formula is C89H174O17P2. The highest BCUT2D eigenvalue weighted by Crippen LogP contribution is 2.45. The fraction of sp³-hybridized carbons (Fsp3) is 0.955. The third kappa shape index (κ3) is 82.1. The third-order valence-electron chi connectivity index (χ3n) is 21.1. The van der Waals surface area contributed by atoms with Crippen LogP contribution in [0.15, 0.2) is 0 Å². The van der Waals surface area contributed by atoms with Crippen LogP contribution in [0.2, 0.25) is 0 Å². The molecule has 0 aliphatic rings. The van der Waals surface area contributed by atoms with Gasteiger partial charge in [0.25, 0.3) is 0 Å². The van der Waals surface area contributed by atoms with Crippen molar-refractivity contribution in [3.05, 3.63) is 0 Å². The Hall–Kier alpha value is -1.94. The van der Waals surface area contributed by atoms with Gasteiger partial charge in [-0.15, -0.1) is 0 Å². The summed E-state index contributed by atoms with van der Waals surface area (Å²) in [5.74, 6) is -2.10. The average Bonchev–Trinajstić information content (AvgIpc) is 0.901. The molecule has 0 aromatic heterocycles.